The second kappa shape index (κ2) is 6.89. The molecule has 2 aromatic heterocycles. The Morgan fingerprint density at radius 2 is 2.04 bits per heavy atom. The van der Waals surface area contributed by atoms with E-state index in [1.807, 2.05) is 47.3 Å². The molecule has 1 aromatic carbocycles. The summed E-state index contributed by atoms with van der Waals surface area (Å²) in [5, 5.41) is 7.30. The van der Waals surface area contributed by atoms with Gasteiger partial charge in [0.1, 0.15) is 0 Å². The second-order valence-electron chi connectivity index (χ2n) is 6.33. The van der Waals surface area contributed by atoms with Crippen LogP contribution in [-0.4, -0.2) is 20.7 Å². The van der Waals surface area contributed by atoms with Crippen molar-refractivity contribution in [3.63, 3.8) is 0 Å². The molecule has 0 radical (unpaired) electrons. The van der Waals surface area contributed by atoms with E-state index >= 15 is 0 Å². The molecule has 4 rings (SSSR count). The molecule has 0 aliphatic heterocycles. The zero-order valence-electron chi connectivity index (χ0n) is 14.0. The summed E-state index contributed by atoms with van der Waals surface area (Å²) in [6, 6.07) is 13.7. The van der Waals surface area contributed by atoms with Gasteiger partial charge < -0.3 is 5.32 Å². The van der Waals surface area contributed by atoms with Gasteiger partial charge in [-0.2, -0.15) is 5.10 Å². The molecule has 0 fully saturated rings. The van der Waals surface area contributed by atoms with Gasteiger partial charge in [0.05, 0.1) is 0 Å². The number of benzene rings is 1. The molecule has 0 bridgehead atoms. The van der Waals surface area contributed by atoms with E-state index in [4.69, 9.17) is 0 Å². The first-order valence-corrected chi connectivity index (χ1v) is 8.64. The number of rotatable bonds is 5. The molecule has 1 N–H and O–H groups in total. The fraction of sp³-hybridized carbons (Fsp3) is 0.250. The quantitative estimate of drug-likeness (QED) is 0.780. The van der Waals surface area contributed by atoms with Crippen LogP contribution >= 0.6 is 0 Å². The highest BCUT2D eigenvalue weighted by Gasteiger charge is 2.14. The topological polar surface area (TPSA) is 59.8 Å². The van der Waals surface area contributed by atoms with Gasteiger partial charge in [-0.05, 0) is 54.7 Å². The smallest absolute Gasteiger partial charge is 0.256 e. The van der Waals surface area contributed by atoms with Crippen LogP contribution < -0.4 is 5.32 Å². The average molecular weight is 332 g/mol. The predicted molar refractivity (Wildman–Crippen MR) is 96.6 cm³/mol. The Kier molecular flexibility index (Phi) is 4.29. The highest BCUT2D eigenvalue weighted by Crippen LogP contribution is 2.23. The van der Waals surface area contributed by atoms with Gasteiger partial charge in [0.15, 0.2) is 5.82 Å². The van der Waals surface area contributed by atoms with E-state index in [0.29, 0.717) is 11.4 Å². The molecule has 0 saturated carbocycles. The van der Waals surface area contributed by atoms with Crippen LogP contribution in [0, 0.1) is 0 Å². The van der Waals surface area contributed by atoms with E-state index in [-0.39, 0.29) is 5.91 Å². The van der Waals surface area contributed by atoms with Crippen LogP contribution in [-0.2, 0) is 25.8 Å². The predicted octanol–water partition coefficient (Wildman–Crippen LogP) is 3.26. The maximum atomic E-state index is 12.4. The van der Waals surface area contributed by atoms with Crippen LogP contribution in [0.15, 0.2) is 54.9 Å². The minimum Gasteiger partial charge on any atom is -0.305 e. The van der Waals surface area contributed by atoms with Crippen LogP contribution in [0.25, 0.3) is 0 Å². The van der Waals surface area contributed by atoms with Gasteiger partial charge in [-0.1, -0.05) is 12.1 Å². The lowest BCUT2D eigenvalue weighted by molar-refractivity contribution is 0.102. The number of hydrogen-bond donors (Lipinski definition) is 1. The molecule has 0 atom stereocenters. The number of carbonyl (C=O) groups excluding carboxylic acids is 1. The van der Waals surface area contributed by atoms with Crippen LogP contribution in [0.3, 0.4) is 0 Å². The molecular weight excluding hydrogens is 312 g/mol. The van der Waals surface area contributed by atoms with Crippen LogP contribution in [0.4, 0.5) is 5.82 Å². The first-order valence-electron chi connectivity index (χ1n) is 8.64. The third-order valence-electron chi connectivity index (χ3n) is 4.57. The molecule has 1 aliphatic rings. The van der Waals surface area contributed by atoms with Gasteiger partial charge in [0.25, 0.3) is 5.91 Å². The summed E-state index contributed by atoms with van der Waals surface area (Å²) in [6.07, 6.45) is 7.85. The van der Waals surface area contributed by atoms with Gasteiger partial charge in [-0.3, -0.25) is 14.5 Å². The maximum Gasteiger partial charge on any atom is 0.256 e. The number of pyridine rings is 1. The summed E-state index contributed by atoms with van der Waals surface area (Å²) in [5.74, 6) is 0.469. The Balaban J connectivity index is 1.38. The SMILES string of the molecule is O=C(Nc1ccn(CCc2ccccn2)n1)c1ccc2c(c1)CCC2. The Labute approximate surface area is 146 Å². The Morgan fingerprint density at radius 3 is 2.92 bits per heavy atom. The summed E-state index contributed by atoms with van der Waals surface area (Å²) in [6.45, 7) is 0.728. The number of fused-ring (bicyclic) bond motifs is 1. The molecular formula is C20H20N4O. The van der Waals surface area contributed by atoms with Gasteiger partial charge in [0.2, 0.25) is 0 Å². The number of nitrogens with zero attached hydrogens (tertiary/aromatic N) is 3. The van der Waals surface area contributed by atoms with E-state index in [0.717, 1.165) is 31.5 Å². The van der Waals surface area contributed by atoms with Crippen molar-refractivity contribution in [1.82, 2.24) is 14.8 Å². The van der Waals surface area contributed by atoms with Gasteiger partial charge in [0, 0.05) is 42.7 Å². The fourth-order valence-electron chi connectivity index (χ4n) is 3.23. The lowest BCUT2D eigenvalue weighted by Gasteiger charge is -2.05. The Morgan fingerprint density at radius 1 is 1.12 bits per heavy atom. The molecule has 2 heterocycles. The van der Waals surface area contributed by atoms with Crippen molar-refractivity contribution >= 4 is 11.7 Å². The largest absolute Gasteiger partial charge is 0.305 e. The molecule has 0 spiro atoms. The Hall–Kier alpha value is -2.95. The molecule has 25 heavy (non-hydrogen) atoms. The monoisotopic (exact) mass is 332 g/mol. The summed E-state index contributed by atoms with van der Waals surface area (Å²) in [7, 11) is 0. The molecule has 126 valence electrons. The van der Waals surface area contributed by atoms with E-state index in [9.17, 15) is 4.79 Å². The van der Waals surface area contributed by atoms with E-state index in [2.05, 4.69) is 21.5 Å². The lowest BCUT2D eigenvalue weighted by atomic mass is 10.1. The van der Waals surface area contributed by atoms with Crippen molar-refractivity contribution in [2.75, 3.05) is 5.32 Å². The molecule has 3 aromatic rings. The van der Waals surface area contributed by atoms with Gasteiger partial charge in [-0.15, -0.1) is 0 Å². The molecule has 5 heteroatoms. The molecule has 5 nitrogen and oxygen atoms in total. The second-order valence-corrected chi connectivity index (χ2v) is 6.33. The van der Waals surface area contributed by atoms with E-state index < -0.39 is 0 Å². The van der Waals surface area contributed by atoms with Crippen LogP contribution in [0.1, 0.15) is 33.6 Å². The summed E-state index contributed by atoms with van der Waals surface area (Å²) in [5.41, 5.74) is 4.40. The fourth-order valence-corrected chi connectivity index (χ4v) is 3.23. The van der Waals surface area contributed by atoms with E-state index in [1.165, 1.54) is 17.5 Å². The van der Waals surface area contributed by atoms with Crippen molar-refractivity contribution in [3.8, 4) is 0 Å². The van der Waals surface area contributed by atoms with Gasteiger partial charge >= 0.3 is 0 Å². The first-order chi connectivity index (χ1) is 12.3. The van der Waals surface area contributed by atoms with Crippen molar-refractivity contribution in [2.24, 2.45) is 0 Å². The molecule has 0 saturated heterocycles. The highest BCUT2D eigenvalue weighted by molar-refractivity contribution is 6.03. The molecule has 1 amide bonds. The summed E-state index contributed by atoms with van der Waals surface area (Å²) >= 11 is 0. The zero-order chi connectivity index (χ0) is 17.1. The first kappa shape index (κ1) is 15.6. The number of aromatic nitrogens is 3. The molecule has 1 aliphatic carbocycles. The van der Waals surface area contributed by atoms with Crippen molar-refractivity contribution < 1.29 is 4.79 Å². The number of aryl methyl sites for hydroxylation is 4. The number of amides is 1. The Bertz CT molecular complexity index is 886. The molecule has 0 unspecified atom stereocenters. The standard InChI is InChI=1S/C20H20N4O/c25-20(17-8-7-15-4-3-5-16(15)14-17)22-19-10-13-24(23-19)12-9-18-6-1-2-11-21-18/h1-2,6-8,10-11,13-14H,3-5,9,12H2,(H,22,23,25). The van der Waals surface area contributed by atoms with Crippen molar-refractivity contribution in [1.29, 1.82) is 0 Å². The minimum atomic E-state index is -0.107. The lowest BCUT2D eigenvalue weighted by Crippen LogP contribution is -2.13. The normalized spacial score (nSPS) is 12.8. The maximum absolute atomic E-state index is 12.4. The van der Waals surface area contributed by atoms with Crippen molar-refractivity contribution in [3.05, 3.63) is 77.2 Å². The highest BCUT2D eigenvalue weighted by atomic mass is 16.1. The van der Waals surface area contributed by atoms with Crippen LogP contribution in [0.5, 0.6) is 0 Å². The minimum absolute atomic E-state index is 0.107. The number of hydrogen-bond acceptors (Lipinski definition) is 3. The number of carbonyl (C=O) groups is 1. The third-order valence-corrected chi connectivity index (χ3v) is 4.57. The zero-order valence-corrected chi connectivity index (χ0v) is 14.0. The summed E-state index contributed by atoms with van der Waals surface area (Å²) in [4.78, 5) is 16.7. The summed E-state index contributed by atoms with van der Waals surface area (Å²) < 4.78 is 1.83. The van der Waals surface area contributed by atoms with Crippen LogP contribution in [0.2, 0.25) is 0 Å². The number of nitrogens with one attached hydrogen (secondary N) is 1. The van der Waals surface area contributed by atoms with E-state index in [1.54, 1.807) is 6.20 Å². The van der Waals surface area contributed by atoms with Gasteiger partial charge in [-0.25, -0.2) is 0 Å². The van der Waals surface area contributed by atoms with Crippen molar-refractivity contribution in [2.45, 2.75) is 32.2 Å². The average Bonchev–Trinajstić information content (AvgIpc) is 3.29. The number of anilines is 1. The third kappa shape index (κ3) is 3.60.